The van der Waals surface area contributed by atoms with E-state index in [9.17, 15) is 14.4 Å². The van der Waals surface area contributed by atoms with Gasteiger partial charge in [0.25, 0.3) is 0 Å². The van der Waals surface area contributed by atoms with E-state index in [1.165, 1.54) is 12.8 Å². The van der Waals surface area contributed by atoms with Crippen molar-refractivity contribution >= 4 is 17.9 Å². The zero-order valence-electron chi connectivity index (χ0n) is 39.1. The van der Waals surface area contributed by atoms with E-state index in [1.54, 1.807) is 0 Å². The molecule has 6 nitrogen and oxygen atoms in total. The van der Waals surface area contributed by atoms with E-state index in [4.69, 9.17) is 14.2 Å². The van der Waals surface area contributed by atoms with Crippen molar-refractivity contribution in [2.45, 2.75) is 207 Å². The molecule has 0 saturated heterocycles. The molecule has 61 heavy (non-hydrogen) atoms. The fraction of sp³-hybridized carbons (Fsp3) is 0.618. The summed E-state index contributed by atoms with van der Waals surface area (Å²) in [5.41, 5.74) is 0. The van der Waals surface area contributed by atoms with Crippen molar-refractivity contribution in [2.24, 2.45) is 0 Å². The Hall–Kier alpha value is -3.93. The van der Waals surface area contributed by atoms with Gasteiger partial charge in [0.05, 0.1) is 0 Å². The van der Waals surface area contributed by atoms with Gasteiger partial charge in [0.2, 0.25) is 0 Å². The minimum absolute atomic E-state index is 0.103. The van der Waals surface area contributed by atoms with Gasteiger partial charge in [-0.05, 0) is 103 Å². The van der Waals surface area contributed by atoms with Gasteiger partial charge in [0.15, 0.2) is 6.10 Å². The first-order valence-corrected chi connectivity index (χ1v) is 24.4. The second kappa shape index (κ2) is 48.7. The summed E-state index contributed by atoms with van der Waals surface area (Å²) < 4.78 is 16.7. The van der Waals surface area contributed by atoms with Gasteiger partial charge in [-0.1, -0.05) is 188 Å². The minimum atomic E-state index is -0.805. The Bertz CT molecular complexity index is 1290. The first-order chi connectivity index (χ1) is 30.0. The van der Waals surface area contributed by atoms with Crippen molar-refractivity contribution in [3.8, 4) is 0 Å². The molecule has 6 heteroatoms. The third-order valence-corrected chi connectivity index (χ3v) is 9.81. The summed E-state index contributed by atoms with van der Waals surface area (Å²) in [7, 11) is 0. The molecule has 344 valence electrons. The molecule has 0 heterocycles. The topological polar surface area (TPSA) is 78.9 Å². The number of ether oxygens (including phenoxy) is 3. The van der Waals surface area contributed by atoms with Gasteiger partial charge < -0.3 is 14.2 Å². The Kier molecular flexibility index (Phi) is 45.6. The van der Waals surface area contributed by atoms with Gasteiger partial charge in [0.1, 0.15) is 13.2 Å². The second-order valence-corrected chi connectivity index (χ2v) is 15.6. The zero-order chi connectivity index (χ0) is 44.4. The predicted molar refractivity (Wildman–Crippen MR) is 260 cm³/mol. The summed E-state index contributed by atoms with van der Waals surface area (Å²) in [6.07, 6.45) is 65.0. The Morgan fingerprint density at radius 3 is 1.10 bits per heavy atom. The summed E-state index contributed by atoms with van der Waals surface area (Å²) in [6, 6.07) is 0. The van der Waals surface area contributed by atoms with Crippen LogP contribution in [-0.4, -0.2) is 37.2 Å². The molecule has 0 aliphatic rings. The number of hydrogen-bond acceptors (Lipinski definition) is 6. The quantitative estimate of drug-likeness (QED) is 0.0200. The van der Waals surface area contributed by atoms with Gasteiger partial charge in [0, 0.05) is 19.3 Å². The van der Waals surface area contributed by atoms with Crippen LogP contribution in [-0.2, 0) is 28.6 Å². The molecule has 0 bridgehead atoms. The lowest BCUT2D eigenvalue weighted by molar-refractivity contribution is -0.167. The predicted octanol–water partition coefficient (Wildman–Crippen LogP) is 16.0. The minimum Gasteiger partial charge on any atom is -0.462 e. The molecule has 0 aromatic rings. The highest BCUT2D eigenvalue weighted by Crippen LogP contribution is 2.13. The highest BCUT2D eigenvalue weighted by Gasteiger charge is 2.19. The molecule has 0 spiro atoms. The second-order valence-electron chi connectivity index (χ2n) is 15.6. The lowest BCUT2D eigenvalue weighted by Crippen LogP contribution is -2.30. The van der Waals surface area contributed by atoms with Crippen LogP contribution in [0.4, 0.5) is 0 Å². The van der Waals surface area contributed by atoms with E-state index < -0.39 is 6.10 Å². The number of esters is 3. The number of carbonyl (C=O) groups excluding carboxylic acids is 3. The molecule has 0 aromatic heterocycles. The van der Waals surface area contributed by atoms with Crippen LogP contribution in [0.15, 0.2) is 109 Å². The highest BCUT2D eigenvalue weighted by molar-refractivity contribution is 5.71. The molecular formula is C55H88O6. The molecule has 0 N–H and O–H groups in total. The zero-order valence-corrected chi connectivity index (χ0v) is 39.1. The Morgan fingerprint density at radius 1 is 0.344 bits per heavy atom. The number of rotatable bonds is 42. The van der Waals surface area contributed by atoms with Crippen LogP contribution < -0.4 is 0 Å². The van der Waals surface area contributed by atoms with Crippen LogP contribution in [0.25, 0.3) is 0 Å². The standard InChI is InChI=1S/C55H88O6/c1-4-7-10-13-16-19-22-25-27-28-31-33-36-39-42-45-48-54(57)60-51-52(50-59-53(56)47-44-41-38-35-32-29-24-21-18-15-12-9-6-3)61-55(58)49-46-43-40-37-34-30-26-23-20-17-14-11-8-5-2/h7-12,15-21,24-27,30,52H,4-6,13-14,22-23,28-29,31-51H2,1-3H3/b10-7+,11-8+,12-9+,18-15+,19-16+,20-17+,24-21+,27-25+,30-26+. The van der Waals surface area contributed by atoms with E-state index in [0.29, 0.717) is 19.3 Å². The van der Waals surface area contributed by atoms with Crippen LogP contribution in [0.3, 0.4) is 0 Å². The fourth-order valence-electron chi connectivity index (χ4n) is 6.23. The van der Waals surface area contributed by atoms with Crippen molar-refractivity contribution in [1.29, 1.82) is 0 Å². The van der Waals surface area contributed by atoms with Crippen molar-refractivity contribution in [1.82, 2.24) is 0 Å². The lowest BCUT2D eigenvalue weighted by Gasteiger charge is -2.18. The smallest absolute Gasteiger partial charge is 0.306 e. The molecule has 1 unspecified atom stereocenters. The molecule has 0 fully saturated rings. The van der Waals surface area contributed by atoms with E-state index in [-0.39, 0.29) is 31.1 Å². The number of unbranched alkanes of at least 4 members (excludes halogenated alkanes) is 15. The van der Waals surface area contributed by atoms with Crippen LogP contribution in [0.2, 0.25) is 0 Å². The van der Waals surface area contributed by atoms with Crippen molar-refractivity contribution < 1.29 is 28.6 Å². The van der Waals surface area contributed by atoms with Crippen molar-refractivity contribution in [3.05, 3.63) is 109 Å². The first kappa shape index (κ1) is 57.1. The molecule has 0 aromatic carbocycles. The largest absolute Gasteiger partial charge is 0.462 e. The van der Waals surface area contributed by atoms with Crippen molar-refractivity contribution in [2.75, 3.05) is 13.2 Å². The van der Waals surface area contributed by atoms with Crippen molar-refractivity contribution in [3.63, 3.8) is 0 Å². The molecule has 1 atom stereocenters. The van der Waals surface area contributed by atoms with Crippen LogP contribution in [0.1, 0.15) is 201 Å². The third-order valence-electron chi connectivity index (χ3n) is 9.81. The number of allylic oxidation sites excluding steroid dienone is 18. The molecule has 0 radical (unpaired) electrons. The highest BCUT2D eigenvalue weighted by atomic mass is 16.6. The van der Waals surface area contributed by atoms with Crippen LogP contribution in [0.5, 0.6) is 0 Å². The lowest BCUT2D eigenvalue weighted by atomic mass is 10.1. The van der Waals surface area contributed by atoms with E-state index in [2.05, 4.69) is 130 Å². The average Bonchev–Trinajstić information content (AvgIpc) is 3.26. The average molecular weight is 845 g/mol. The monoisotopic (exact) mass is 845 g/mol. The normalized spacial score (nSPS) is 13.0. The maximum Gasteiger partial charge on any atom is 0.306 e. The summed E-state index contributed by atoms with van der Waals surface area (Å²) in [5.74, 6) is -0.967. The Labute approximate surface area is 374 Å². The Balaban J connectivity index is 4.49. The fourth-order valence-corrected chi connectivity index (χ4v) is 6.23. The molecule has 0 aliphatic carbocycles. The SMILES string of the molecule is CC/C=C/C=C/C=C/CCCCCCCC(=O)OCC(COC(=O)CCCCCCCC/C=C/C/C=C/C/C=C/CC)OC(=O)CCCCCC/C=C/C/C=C/C/C=C/CC. The molecule has 0 rings (SSSR count). The maximum atomic E-state index is 12.8. The van der Waals surface area contributed by atoms with Gasteiger partial charge in [-0.15, -0.1) is 0 Å². The van der Waals surface area contributed by atoms with Crippen LogP contribution >= 0.6 is 0 Å². The summed E-state index contributed by atoms with van der Waals surface area (Å²) >= 11 is 0. The molecule has 0 saturated carbocycles. The van der Waals surface area contributed by atoms with E-state index in [1.807, 2.05) is 0 Å². The summed E-state index contributed by atoms with van der Waals surface area (Å²) in [6.45, 7) is 6.21. The maximum absolute atomic E-state index is 12.8. The van der Waals surface area contributed by atoms with Gasteiger partial charge >= 0.3 is 17.9 Å². The van der Waals surface area contributed by atoms with Gasteiger partial charge in [-0.3, -0.25) is 14.4 Å². The third kappa shape index (κ3) is 47.0. The molecule has 0 amide bonds. The Morgan fingerprint density at radius 2 is 0.672 bits per heavy atom. The van der Waals surface area contributed by atoms with E-state index in [0.717, 1.165) is 148 Å². The first-order valence-electron chi connectivity index (χ1n) is 24.4. The molecular weight excluding hydrogens is 757 g/mol. The summed E-state index contributed by atoms with van der Waals surface area (Å²) in [5, 5.41) is 0. The van der Waals surface area contributed by atoms with Gasteiger partial charge in [-0.2, -0.15) is 0 Å². The molecule has 0 aliphatic heterocycles. The van der Waals surface area contributed by atoms with Crippen LogP contribution in [0, 0.1) is 0 Å². The summed E-state index contributed by atoms with van der Waals surface area (Å²) in [4.78, 5) is 37.9. The number of carbonyl (C=O) groups is 3. The van der Waals surface area contributed by atoms with E-state index >= 15 is 0 Å². The number of hydrogen-bond donors (Lipinski definition) is 0. The van der Waals surface area contributed by atoms with Gasteiger partial charge in [-0.25, -0.2) is 0 Å².